The van der Waals surface area contributed by atoms with Crippen molar-refractivity contribution in [2.75, 3.05) is 6.54 Å². The number of aromatic nitrogens is 2. The van der Waals surface area contributed by atoms with Crippen molar-refractivity contribution in [1.82, 2.24) is 15.3 Å². The molecule has 0 amide bonds. The smallest absolute Gasteiger partial charge is 0.123 e. The maximum absolute atomic E-state index is 13.1. The first kappa shape index (κ1) is 12.2. The van der Waals surface area contributed by atoms with Gasteiger partial charge < -0.3 is 5.32 Å². The van der Waals surface area contributed by atoms with E-state index < -0.39 is 0 Å². The fourth-order valence-electron chi connectivity index (χ4n) is 2.47. The van der Waals surface area contributed by atoms with Gasteiger partial charge in [0.1, 0.15) is 5.82 Å². The number of nitrogens with zero attached hydrogens (tertiary/aromatic N) is 2. The number of rotatable bonds is 3. The first-order chi connectivity index (χ1) is 9.31. The summed E-state index contributed by atoms with van der Waals surface area (Å²) in [5.74, 6) is -0.209. The Morgan fingerprint density at radius 2 is 2.26 bits per heavy atom. The van der Waals surface area contributed by atoms with Gasteiger partial charge >= 0.3 is 0 Å². The van der Waals surface area contributed by atoms with Gasteiger partial charge in [0.25, 0.3) is 0 Å². The number of halogens is 1. The lowest BCUT2D eigenvalue weighted by Crippen LogP contribution is -2.15. The molecule has 1 aliphatic heterocycles. The van der Waals surface area contributed by atoms with Crippen molar-refractivity contribution in [2.45, 2.75) is 25.3 Å². The first-order valence-electron chi connectivity index (χ1n) is 6.60. The van der Waals surface area contributed by atoms with Crippen LogP contribution in [0.5, 0.6) is 0 Å². The maximum atomic E-state index is 13.1. The van der Waals surface area contributed by atoms with E-state index in [1.165, 1.54) is 12.5 Å². The third-order valence-corrected chi connectivity index (χ3v) is 3.39. The predicted octanol–water partition coefficient (Wildman–Crippen LogP) is 2.63. The molecule has 1 aromatic heterocycles. The fraction of sp³-hybridized carbons (Fsp3) is 0.333. The summed E-state index contributed by atoms with van der Waals surface area (Å²) in [6.07, 6.45) is 6.48. The molecule has 1 N–H and O–H groups in total. The number of nitrogens with one attached hydrogen (secondary N) is 1. The molecule has 1 atom stereocenters. The quantitative estimate of drug-likeness (QED) is 0.918. The normalized spacial score (nSPS) is 18.7. The molecule has 1 aliphatic rings. The van der Waals surface area contributed by atoms with E-state index in [4.69, 9.17) is 0 Å². The van der Waals surface area contributed by atoms with Gasteiger partial charge in [-0.1, -0.05) is 12.1 Å². The minimum atomic E-state index is -0.209. The van der Waals surface area contributed by atoms with Gasteiger partial charge in [-0.15, -0.1) is 0 Å². The van der Waals surface area contributed by atoms with Crippen LogP contribution in [0.2, 0.25) is 0 Å². The Hall–Kier alpha value is -1.81. The highest BCUT2D eigenvalue weighted by Gasteiger charge is 2.17. The molecule has 0 spiro atoms. The van der Waals surface area contributed by atoms with E-state index in [1.54, 1.807) is 18.3 Å². The molecule has 1 aromatic carbocycles. The van der Waals surface area contributed by atoms with Crippen molar-refractivity contribution >= 4 is 0 Å². The van der Waals surface area contributed by atoms with Crippen LogP contribution in [0.25, 0.3) is 0 Å². The molecule has 19 heavy (non-hydrogen) atoms. The van der Waals surface area contributed by atoms with Crippen LogP contribution in [0.1, 0.15) is 35.8 Å². The van der Waals surface area contributed by atoms with E-state index in [9.17, 15) is 4.39 Å². The summed E-state index contributed by atoms with van der Waals surface area (Å²) in [5.41, 5.74) is 2.80. The van der Waals surface area contributed by atoms with E-state index in [0.717, 1.165) is 29.9 Å². The van der Waals surface area contributed by atoms with Crippen molar-refractivity contribution in [3.05, 3.63) is 59.4 Å². The van der Waals surface area contributed by atoms with E-state index >= 15 is 0 Å². The predicted molar refractivity (Wildman–Crippen MR) is 71.2 cm³/mol. The molecule has 4 heteroatoms. The Kier molecular flexibility index (Phi) is 3.51. The summed E-state index contributed by atoms with van der Waals surface area (Å²) in [6.45, 7) is 1.04. The Labute approximate surface area is 111 Å². The van der Waals surface area contributed by atoms with E-state index in [-0.39, 0.29) is 5.82 Å². The molecule has 0 aliphatic carbocycles. The molecule has 3 rings (SSSR count). The maximum Gasteiger partial charge on any atom is 0.123 e. The van der Waals surface area contributed by atoms with Gasteiger partial charge in [-0.05, 0) is 37.1 Å². The zero-order valence-corrected chi connectivity index (χ0v) is 10.6. The highest BCUT2D eigenvalue weighted by Crippen LogP contribution is 2.21. The minimum absolute atomic E-state index is 0.209. The highest BCUT2D eigenvalue weighted by atomic mass is 19.1. The lowest BCUT2D eigenvalue weighted by Gasteiger charge is -2.10. The second kappa shape index (κ2) is 5.45. The monoisotopic (exact) mass is 257 g/mol. The first-order valence-corrected chi connectivity index (χ1v) is 6.60. The van der Waals surface area contributed by atoms with Crippen molar-refractivity contribution in [3.63, 3.8) is 0 Å². The van der Waals surface area contributed by atoms with Gasteiger partial charge in [-0.3, -0.25) is 9.97 Å². The van der Waals surface area contributed by atoms with Crippen molar-refractivity contribution in [2.24, 2.45) is 0 Å². The van der Waals surface area contributed by atoms with Crippen LogP contribution in [0.3, 0.4) is 0 Å². The lowest BCUT2D eigenvalue weighted by atomic mass is 10.1. The summed E-state index contributed by atoms with van der Waals surface area (Å²) in [6, 6.07) is 6.95. The minimum Gasteiger partial charge on any atom is -0.309 e. The molecular formula is C15H16FN3. The summed E-state index contributed by atoms with van der Waals surface area (Å²) in [7, 11) is 0. The second-order valence-corrected chi connectivity index (χ2v) is 4.89. The molecule has 0 bridgehead atoms. The van der Waals surface area contributed by atoms with Gasteiger partial charge in [0.05, 0.1) is 17.4 Å². The molecular weight excluding hydrogens is 241 g/mol. The summed E-state index contributed by atoms with van der Waals surface area (Å²) in [5, 5.41) is 3.41. The highest BCUT2D eigenvalue weighted by molar-refractivity contribution is 5.22. The van der Waals surface area contributed by atoms with Crippen LogP contribution in [0.15, 0.2) is 36.7 Å². The average Bonchev–Trinajstić information content (AvgIpc) is 2.93. The molecule has 0 saturated carbocycles. The Morgan fingerprint density at radius 1 is 1.32 bits per heavy atom. The zero-order valence-electron chi connectivity index (χ0n) is 10.6. The third kappa shape index (κ3) is 2.96. The lowest BCUT2D eigenvalue weighted by molar-refractivity contribution is 0.619. The number of benzene rings is 1. The molecule has 2 heterocycles. The molecule has 1 saturated heterocycles. The van der Waals surface area contributed by atoms with Crippen LogP contribution in [-0.4, -0.2) is 16.5 Å². The van der Waals surface area contributed by atoms with Gasteiger partial charge in [0.2, 0.25) is 0 Å². The van der Waals surface area contributed by atoms with E-state index in [0.29, 0.717) is 12.5 Å². The molecule has 0 unspecified atom stereocenters. The number of hydrogen-bond acceptors (Lipinski definition) is 3. The van der Waals surface area contributed by atoms with Gasteiger partial charge in [-0.2, -0.15) is 0 Å². The van der Waals surface area contributed by atoms with Crippen molar-refractivity contribution in [3.8, 4) is 0 Å². The largest absolute Gasteiger partial charge is 0.309 e. The Balaban J connectivity index is 1.79. The van der Waals surface area contributed by atoms with E-state index in [1.807, 2.05) is 12.3 Å². The zero-order chi connectivity index (χ0) is 13.1. The van der Waals surface area contributed by atoms with Gasteiger partial charge in [0.15, 0.2) is 0 Å². The van der Waals surface area contributed by atoms with Crippen LogP contribution in [0.4, 0.5) is 4.39 Å². The van der Waals surface area contributed by atoms with Crippen LogP contribution in [0, 0.1) is 5.82 Å². The summed E-state index contributed by atoms with van der Waals surface area (Å²) in [4.78, 5) is 8.88. The van der Waals surface area contributed by atoms with Crippen LogP contribution < -0.4 is 5.32 Å². The third-order valence-electron chi connectivity index (χ3n) is 3.39. The van der Waals surface area contributed by atoms with Crippen molar-refractivity contribution in [1.29, 1.82) is 0 Å². The molecule has 98 valence electrons. The second-order valence-electron chi connectivity index (χ2n) is 4.89. The fourth-order valence-corrected chi connectivity index (χ4v) is 2.47. The molecule has 0 radical (unpaired) electrons. The topological polar surface area (TPSA) is 37.8 Å². The molecule has 3 nitrogen and oxygen atoms in total. The van der Waals surface area contributed by atoms with Crippen LogP contribution in [-0.2, 0) is 6.42 Å². The summed E-state index contributed by atoms with van der Waals surface area (Å²) < 4.78 is 13.1. The van der Waals surface area contributed by atoms with Gasteiger partial charge in [-0.25, -0.2) is 4.39 Å². The average molecular weight is 257 g/mol. The number of hydrogen-bond donors (Lipinski definition) is 1. The molecule has 2 aromatic rings. The standard InChI is InChI=1S/C15H16FN3/c16-12-4-1-3-11(7-12)8-13-9-17-10-15(19-13)14-5-2-6-18-14/h1,3-4,7,9-10,14,18H,2,5-6,8H2/t14-/m1/s1. The van der Waals surface area contributed by atoms with Crippen molar-refractivity contribution < 1.29 is 4.39 Å². The van der Waals surface area contributed by atoms with Crippen LogP contribution >= 0.6 is 0 Å². The Bertz CT molecular complexity index is 565. The SMILES string of the molecule is Fc1cccc(Cc2cncc([C@H]3CCCN3)n2)c1. The molecule has 1 fully saturated rings. The summed E-state index contributed by atoms with van der Waals surface area (Å²) >= 11 is 0. The van der Waals surface area contributed by atoms with E-state index in [2.05, 4.69) is 15.3 Å². The van der Waals surface area contributed by atoms with Gasteiger partial charge in [0, 0.05) is 18.8 Å². The Morgan fingerprint density at radius 3 is 3.05 bits per heavy atom.